The number of allylic oxidation sites excluding steroid dienone is 1. The van der Waals surface area contributed by atoms with Gasteiger partial charge in [0.2, 0.25) is 0 Å². The van der Waals surface area contributed by atoms with Gasteiger partial charge in [0, 0.05) is 12.3 Å². The maximum Gasteiger partial charge on any atom is 0.306 e. The lowest BCUT2D eigenvalue weighted by molar-refractivity contribution is -0.145. The number of rotatable bonds is 0. The van der Waals surface area contributed by atoms with E-state index in [0.29, 0.717) is 19.4 Å². The molecule has 0 aromatic heterocycles. The summed E-state index contributed by atoms with van der Waals surface area (Å²) in [5, 5.41) is 0. The average Bonchev–Trinajstić information content (AvgIpc) is 2.15. The first-order valence-electron chi connectivity index (χ1n) is 5.74. The number of ether oxygens (including phenoxy) is 1. The predicted octanol–water partition coefficient (Wildman–Crippen LogP) is 2.50. The molecule has 0 saturated carbocycles. The molecule has 1 aliphatic heterocycles. The van der Waals surface area contributed by atoms with Gasteiger partial charge >= 0.3 is 5.97 Å². The van der Waals surface area contributed by atoms with Crippen molar-refractivity contribution in [2.75, 3.05) is 6.61 Å². The van der Waals surface area contributed by atoms with E-state index in [1.54, 1.807) is 6.08 Å². The van der Waals surface area contributed by atoms with Crippen molar-refractivity contribution in [3.05, 3.63) is 12.2 Å². The highest BCUT2D eigenvalue weighted by molar-refractivity contribution is 5.82. The second-order valence-electron chi connectivity index (χ2n) is 5.28. The summed E-state index contributed by atoms with van der Waals surface area (Å²) in [5.74, 6) is 0.0325. The van der Waals surface area contributed by atoms with Crippen molar-refractivity contribution in [3.63, 3.8) is 0 Å². The molecule has 16 heavy (non-hydrogen) atoms. The fraction of sp³-hybridized carbons (Fsp3) is 0.692. The molecule has 0 spiro atoms. The van der Waals surface area contributed by atoms with E-state index in [4.69, 9.17) is 4.74 Å². The number of carbonyl (C=O) groups excluding carboxylic acids is 2. The minimum absolute atomic E-state index is 0.0312. The zero-order valence-corrected chi connectivity index (χ0v) is 10.3. The van der Waals surface area contributed by atoms with E-state index < -0.39 is 0 Å². The van der Waals surface area contributed by atoms with Gasteiger partial charge in [-0.15, -0.1) is 0 Å². The van der Waals surface area contributed by atoms with Crippen molar-refractivity contribution in [1.29, 1.82) is 0 Å². The average molecular weight is 224 g/mol. The number of hydrogen-bond donors (Lipinski definition) is 0. The van der Waals surface area contributed by atoms with E-state index in [2.05, 4.69) is 0 Å². The SMILES string of the molecule is CC1CC=CCOC(=O)CC(C)(C)CC1=O. The Bertz CT molecular complexity index is 302. The fourth-order valence-electron chi connectivity index (χ4n) is 1.79. The van der Waals surface area contributed by atoms with Crippen LogP contribution in [-0.4, -0.2) is 18.4 Å². The smallest absolute Gasteiger partial charge is 0.306 e. The summed E-state index contributed by atoms with van der Waals surface area (Å²) in [6.07, 6.45) is 5.19. The van der Waals surface area contributed by atoms with Crippen LogP contribution in [0.5, 0.6) is 0 Å². The van der Waals surface area contributed by atoms with Gasteiger partial charge in [-0.05, 0) is 11.8 Å². The van der Waals surface area contributed by atoms with Gasteiger partial charge in [0.05, 0.1) is 6.42 Å². The molecule has 0 amide bonds. The highest BCUT2D eigenvalue weighted by atomic mass is 16.5. The molecule has 0 N–H and O–H groups in total. The van der Waals surface area contributed by atoms with Crippen LogP contribution in [-0.2, 0) is 14.3 Å². The Labute approximate surface area is 96.9 Å². The molecule has 1 rings (SSSR count). The van der Waals surface area contributed by atoms with Crippen molar-refractivity contribution in [2.45, 2.75) is 40.0 Å². The summed E-state index contributed by atoms with van der Waals surface area (Å²) in [6.45, 7) is 6.12. The van der Waals surface area contributed by atoms with Crippen LogP contribution < -0.4 is 0 Å². The maximum atomic E-state index is 11.9. The van der Waals surface area contributed by atoms with Gasteiger partial charge in [-0.25, -0.2) is 0 Å². The first-order chi connectivity index (χ1) is 7.41. The molecule has 0 aliphatic carbocycles. The first kappa shape index (κ1) is 12.9. The zero-order valence-electron chi connectivity index (χ0n) is 10.3. The molecule has 1 atom stereocenters. The summed E-state index contributed by atoms with van der Waals surface area (Å²) in [6, 6.07) is 0. The number of carbonyl (C=O) groups is 2. The Morgan fingerprint density at radius 1 is 1.25 bits per heavy atom. The van der Waals surface area contributed by atoms with Crippen LogP contribution in [0.25, 0.3) is 0 Å². The standard InChI is InChI=1S/C13H20O3/c1-10-6-4-5-7-16-12(15)9-13(2,3)8-11(10)14/h4-5,10H,6-9H2,1-3H3. The highest BCUT2D eigenvalue weighted by Gasteiger charge is 2.28. The Balaban J connectivity index is 2.76. The summed E-state index contributed by atoms with van der Waals surface area (Å²) in [5.41, 5.74) is -0.299. The van der Waals surface area contributed by atoms with E-state index in [9.17, 15) is 9.59 Å². The van der Waals surface area contributed by atoms with Gasteiger partial charge in [-0.2, -0.15) is 0 Å². The molecule has 0 bridgehead atoms. The van der Waals surface area contributed by atoms with Gasteiger partial charge in [0.1, 0.15) is 12.4 Å². The molecular weight excluding hydrogens is 204 g/mol. The molecule has 3 heteroatoms. The molecular formula is C13H20O3. The molecule has 90 valence electrons. The van der Waals surface area contributed by atoms with Crippen LogP contribution in [0.2, 0.25) is 0 Å². The molecule has 1 heterocycles. The summed E-state index contributed by atoms with van der Waals surface area (Å²) in [4.78, 5) is 23.3. The number of esters is 1. The van der Waals surface area contributed by atoms with Crippen LogP contribution >= 0.6 is 0 Å². The quantitative estimate of drug-likeness (QED) is 0.469. The van der Waals surface area contributed by atoms with Gasteiger partial charge in [0.15, 0.2) is 0 Å². The normalized spacial score (nSPS) is 27.1. The summed E-state index contributed by atoms with van der Waals surface area (Å²) in [7, 11) is 0. The molecule has 3 nitrogen and oxygen atoms in total. The van der Waals surface area contributed by atoms with Crippen molar-refractivity contribution in [2.24, 2.45) is 11.3 Å². The van der Waals surface area contributed by atoms with E-state index >= 15 is 0 Å². The lowest BCUT2D eigenvalue weighted by Crippen LogP contribution is -2.24. The molecule has 0 aromatic rings. The van der Waals surface area contributed by atoms with Crippen LogP contribution in [0.15, 0.2) is 12.2 Å². The maximum absolute atomic E-state index is 11.9. The van der Waals surface area contributed by atoms with Crippen LogP contribution in [0.1, 0.15) is 40.0 Å². The van der Waals surface area contributed by atoms with Gasteiger partial charge in [-0.1, -0.05) is 32.9 Å². The molecule has 1 aliphatic rings. The van der Waals surface area contributed by atoms with E-state index in [0.717, 1.165) is 6.42 Å². The van der Waals surface area contributed by atoms with Gasteiger partial charge < -0.3 is 4.74 Å². The lowest BCUT2D eigenvalue weighted by Gasteiger charge is -2.23. The van der Waals surface area contributed by atoms with Crippen LogP contribution in [0, 0.1) is 11.3 Å². The van der Waals surface area contributed by atoms with Crippen molar-refractivity contribution >= 4 is 11.8 Å². The van der Waals surface area contributed by atoms with E-state index in [1.165, 1.54) is 0 Å². The molecule has 0 aromatic carbocycles. The number of hydrogen-bond acceptors (Lipinski definition) is 3. The molecule has 0 saturated heterocycles. The van der Waals surface area contributed by atoms with Crippen LogP contribution in [0.4, 0.5) is 0 Å². The minimum atomic E-state index is -0.299. The Morgan fingerprint density at radius 3 is 2.62 bits per heavy atom. The summed E-state index contributed by atoms with van der Waals surface area (Å²) >= 11 is 0. The van der Waals surface area contributed by atoms with E-state index in [-0.39, 0.29) is 23.1 Å². The molecule has 1 unspecified atom stereocenters. The van der Waals surface area contributed by atoms with Crippen molar-refractivity contribution < 1.29 is 14.3 Å². The Kier molecular flexibility index (Phi) is 4.27. The topological polar surface area (TPSA) is 43.4 Å². The third-order valence-electron chi connectivity index (χ3n) is 2.82. The third-order valence-corrected chi connectivity index (χ3v) is 2.82. The Morgan fingerprint density at radius 2 is 1.94 bits per heavy atom. The molecule has 0 radical (unpaired) electrons. The van der Waals surface area contributed by atoms with Crippen molar-refractivity contribution in [1.82, 2.24) is 0 Å². The van der Waals surface area contributed by atoms with Gasteiger partial charge in [-0.3, -0.25) is 9.59 Å². The number of ketones is 1. The monoisotopic (exact) mass is 224 g/mol. The third kappa shape index (κ3) is 4.17. The Hall–Kier alpha value is -1.12. The second-order valence-corrected chi connectivity index (χ2v) is 5.28. The van der Waals surface area contributed by atoms with Crippen LogP contribution in [0.3, 0.4) is 0 Å². The van der Waals surface area contributed by atoms with E-state index in [1.807, 2.05) is 26.8 Å². The first-order valence-corrected chi connectivity index (χ1v) is 5.74. The highest BCUT2D eigenvalue weighted by Crippen LogP contribution is 2.28. The largest absolute Gasteiger partial charge is 0.461 e. The zero-order chi connectivity index (χ0) is 12.2. The predicted molar refractivity (Wildman–Crippen MR) is 61.9 cm³/mol. The summed E-state index contributed by atoms with van der Waals surface area (Å²) < 4.78 is 5.04. The number of cyclic esters (lactones) is 1. The molecule has 0 fully saturated rings. The fourth-order valence-corrected chi connectivity index (χ4v) is 1.79. The van der Waals surface area contributed by atoms with Gasteiger partial charge in [0.25, 0.3) is 0 Å². The lowest BCUT2D eigenvalue weighted by atomic mass is 9.81. The number of Topliss-reactive ketones (excluding diaryl/α,β-unsaturated/α-hetero) is 1. The van der Waals surface area contributed by atoms with Crippen molar-refractivity contribution in [3.8, 4) is 0 Å². The minimum Gasteiger partial charge on any atom is -0.461 e. The second kappa shape index (κ2) is 5.28.